The van der Waals surface area contributed by atoms with Gasteiger partial charge < -0.3 is 0 Å². The van der Waals surface area contributed by atoms with Crippen molar-refractivity contribution in [1.82, 2.24) is 8.61 Å². The minimum Gasteiger partial charge on any atom is -0.195 e. The van der Waals surface area contributed by atoms with Crippen molar-refractivity contribution in [3.8, 4) is 0 Å². The highest BCUT2D eigenvalue weighted by atomic mass is 35.5. The van der Waals surface area contributed by atoms with Crippen LogP contribution in [0.15, 0.2) is 0 Å². The van der Waals surface area contributed by atoms with Gasteiger partial charge in [0.25, 0.3) is 10.2 Å². The van der Waals surface area contributed by atoms with Gasteiger partial charge in [0.2, 0.25) is 0 Å². The second-order valence-corrected chi connectivity index (χ2v) is 8.01. The molecular formula is C13H25ClN2O2S. The van der Waals surface area contributed by atoms with E-state index in [0.29, 0.717) is 43.9 Å². The molecule has 1 unspecified atom stereocenters. The molecule has 0 aromatic carbocycles. The SMILES string of the molecule is CCN(CC1CCC1)S(=O)(=O)N1CCCC(CCl)C1. The van der Waals surface area contributed by atoms with Crippen molar-refractivity contribution < 1.29 is 8.42 Å². The van der Waals surface area contributed by atoms with Crippen molar-refractivity contribution in [3.63, 3.8) is 0 Å². The second-order valence-electron chi connectivity index (χ2n) is 5.78. The maximum atomic E-state index is 12.7. The molecule has 6 heteroatoms. The molecule has 2 rings (SSSR count). The maximum Gasteiger partial charge on any atom is 0.281 e. The van der Waals surface area contributed by atoms with E-state index in [0.717, 1.165) is 12.8 Å². The molecule has 1 aliphatic carbocycles. The first-order chi connectivity index (χ1) is 9.07. The third kappa shape index (κ3) is 3.63. The highest BCUT2D eigenvalue weighted by Gasteiger charge is 2.34. The normalized spacial score (nSPS) is 26.6. The van der Waals surface area contributed by atoms with Crippen molar-refractivity contribution in [2.45, 2.75) is 39.0 Å². The largest absolute Gasteiger partial charge is 0.281 e. The summed E-state index contributed by atoms with van der Waals surface area (Å²) in [6.45, 7) is 4.44. The van der Waals surface area contributed by atoms with Gasteiger partial charge in [-0.1, -0.05) is 13.3 Å². The van der Waals surface area contributed by atoms with Crippen LogP contribution in [-0.2, 0) is 10.2 Å². The molecule has 0 bridgehead atoms. The van der Waals surface area contributed by atoms with E-state index < -0.39 is 10.2 Å². The summed E-state index contributed by atoms with van der Waals surface area (Å²) >= 11 is 5.89. The standard InChI is InChI=1S/C13H25ClN2O2S/c1-2-15(10-12-5-3-6-12)19(17,18)16-8-4-7-13(9-14)11-16/h12-13H,2-11H2,1H3. The van der Waals surface area contributed by atoms with Crippen molar-refractivity contribution in [3.05, 3.63) is 0 Å². The first kappa shape index (κ1) is 15.5. The molecule has 112 valence electrons. The molecule has 0 radical (unpaired) electrons. The van der Waals surface area contributed by atoms with Crippen LogP contribution in [0.2, 0.25) is 0 Å². The van der Waals surface area contributed by atoms with Gasteiger partial charge in [0.05, 0.1) is 0 Å². The quantitative estimate of drug-likeness (QED) is 0.707. The number of piperidine rings is 1. The third-order valence-corrected chi connectivity index (χ3v) is 6.87. The molecule has 1 saturated heterocycles. The molecule has 0 aromatic heterocycles. The summed E-state index contributed by atoms with van der Waals surface area (Å²) < 4.78 is 28.6. The molecule has 0 aromatic rings. The number of halogens is 1. The predicted octanol–water partition coefficient (Wildman–Crippen LogP) is 2.30. The molecule has 1 heterocycles. The lowest BCUT2D eigenvalue weighted by molar-refractivity contribution is 0.222. The number of alkyl halides is 1. The van der Waals surface area contributed by atoms with Crippen LogP contribution in [0.25, 0.3) is 0 Å². The van der Waals surface area contributed by atoms with Crippen LogP contribution in [0.4, 0.5) is 0 Å². The van der Waals surface area contributed by atoms with Crippen molar-refractivity contribution in [2.75, 3.05) is 32.1 Å². The Morgan fingerprint density at radius 1 is 1.21 bits per heavy atom. The van der Waals surface area contributed by atoms with E-state index in [1.165, 1.54) is 19.3 Å². The van der Waals surface area contributed by atoms with Gasteiger partial charge in [-0.25, -0.2) is 0 Å². The first-order valence-corrected chi connectivity index (χ1v) is 9.32. The van der Waals surface area contributed by atoms with Gasteiger partial charge in [0.1, 0.15) is 0 Å². The summed E-state index contributed by atoms with van der Waals surface area (Å²) in [6, 6.07) is 0. The van der Waals surface area contributed by atoms with Crippen molar-refractivity contribution in [1.29, 1.82) is 0 Å². The first-order valence-electron chi connectivity index (χ1n) is 7.39. The highest BCUT2D eigenvalue weighted by Crippen LogP contribution is 2.29. The summed E-state index contributed by atoms with van der Waals surface area (Å²) in [7, 11) is -3.28. The molecule has 0 N–H and O–H groups in total. The molecule has 4 nitrogen and oxygen atoms in total. The zero-order valence-corrected chi connectivity index (χ0v) is 13.3. The summed E-state index contributed by atoms with van der Waals surface area (Å²) in [4.78, 5) is 0. The van der Waals surface area contributed by atoms with Gasteiger partial charge in [-0.05, 0) is 37.5 Å². The molecule has 1 atom stereocenters. The van der Waals surface area contributed by atoms with Gasteiger partial charge in [0, 0.05) is 32.1 Å². The van der Waals surface area contributed by atoms with E-state index in [4.69, 9.17) is 11.6 Å². The highest BCUT2D eigenvalue weighted by molar-refractivity contribution is 7.86. The smallest absolute Gasteiger partial charge is 0.195 e. The van der Waals surface area contributed by atoms with Gasteiger partial charge >= 0.3 is 0 Å². The fraction of sp³-hybridized carbons (Fsp3) is 1.00. The fourth-order valence-corrected chi connectivity index (χ4v) is 4.94. The average molecular weight is 309 g/mol. The Kier molecular flexibility index (Phi) is 5.52. The van der Waals surface area contributed by atoms with Crippen LogP contribution in [0.1, 0.15) is 39.0 Å². The molecule has 0 amide bonds. The minimum atomic E-state index is -3.28. The van der Waals surface area contributed by atoms with Gasteiger partial charge in [-0.2, -0.15) is 17.0 Å². The lowest BCUT2D eigenvalue weighted by atomic mass is 9.85. The molecule has 1 saturated carbocycles. The van der Waals surface area contributed by atoms with Gasteiger partial charge in [-0.15, -0.1) is 11.6 Å². The average Bonchev–Trinajstić information content (AvgIpc) is 2.37. The molecule has 2 aliphatic rings. The molecule has 19 heavy (non-hydrogen) atoms. The third-order valence-electron chi connectivity index (χ3n) is 4.39. The van der Waals surface area contributed by atoms with Crippen LogP contribution in [0.5, 0.6) is 0 Å². The van der Waals surface area contributed by atoms with E-state index in [1.807, 2.05) is 6.92 Å². The Morgan fingerprint density at radius 2 is 1.89 bits per heavy atom. The zero-order valence-electron chi connectivity index (χ0n) is 11.7. The van der Waals surface area contributed by atoms with Crippen LogP contribution < -0.4 is 0 Å². The summed E-state index contributed by atoms with van der Waals surface area (Å²) in [5, 5.41) is 0. The topological polar surface area (TPSA) is 40.6 Å². The summed E-state index contributed by atoms with van der Waals surface area (Å²) in [6.07, 6.45) is 5.58. The Labute approximate surface area is 122 Å². The monoisotopic (exact) mass is 308 g/mol. The number of rotatable bonds is 6. The van der Waals surface area contributed by atoms with Gasteiger partial charge in [0.15, 0.2) is 0 Å². The minimum absolute atomic E-state index is 0.313. The van der Waals surface area contributed by atoms with Crippen LogP contribution >= 0.6 is 11.6 Å². The van der Waals surface area contributed by atoms with E-state index in [-0.39, 0.29) is 0 Å². The summed E-state index contributed by atoms with van der Waals surface area (Å²) in [5.74, 6) is 1.44. The second kappa shape index (κ2) is 6.74. The molecule has 0 spiro atoms. The van der Waals surface area contributed by atoms with E-state index >= 15 is 0 Å². The summed E-state index contributed by atoms with van der Waals surface area (Å²) in [5.41, 5.74) is 0. The van der Waals surface area contributed by atoms with Gasteiger partial charge in [-0.3, -0.25) is 0 Å². The molecular weight excluding hydrogens is 284 g/mol. The Balaban J connectivity index is 2.01. The predicted molar refractivity (Wildman–Crippen MR) is 78.5 cm³/mol. The van der Waals surface area contributed by atoms with Crippen LogP contribution in [0.3, 0.4) is 0 Å². The number of hydrogen-bond acceptors (Lipinski definition) is 2. The molecule has 2 fully saturated rings. The Morgan fingerprint density at radius 3 is 2.42 bits per heavy atom. The lowest BCUT2D eigenvalue weighted by Crippen LogP contribution is -2.49. The fourth-order valence-electron chi connectivity index (χ4n) is 2.88. The van der Waals surface area contributed by atoms with E-state index in [9.17, 15) is 8.42 Å². The zero-order chi connectivity index (χ0) is 13.9. The molecule has 1 aliphatic heterocycles. The lowest BCUT2D eigenvalue weighted by Gasteiger charge is -2.37. The van der Waals surface area contributed by atoms with E-state index in [2.05, 4.69) is 0 Å². The van der Waals surface area contributed by atoms with Crippen molar-refractivity contribution in [2.24, 2.45) is 11.8 Å². The van der Waals surface area contributed by atoms with Crippen LogP contribution in [0, 0.1) is 11.8 Å². The number of nitrogens with zero attached hydrogens (tertiary/aromatic N) is 2. The number of hydrogen-bond donors (Lipinski definition) is 0. The Bertz CT molecular complexity index is 374. The van der Waals surface area contributed by atoms with Crippen LogP contribution in [-0.4, -0.2) is 49.1 Å². The van der Waals surface area contributed by atoms with E-state index in [1.54, 1.807) is 8.61 Å². The Hall–Kier alpha value is 0.160. The maximum absolute atomic E-state index is 12.7. The van der Waals surface area contributed by atoms with Crippen molar-refractivity contribution >= 4 is 21.8 Å².